The molecule has 60 valence electrons. The maximum Gasteiger partial charge on any atom is 0.245 e. The second-order valence-electron chi connectivity index (χ2n) is 2.39. The van der Waals surface area contributed by atoms with Gasteiger partial charge in [0, 0.05) is 13.1 Å². The molecule has 0 saturated carbocycles. The van der Waals surface area contributed by atoms with Crippen molar-refractivity contribution in [1.82, 2.24) is 4.42 Å². The molecule has 1 aliphatic rings. The minimum absolute atomic E-state index is 0.0698. The van der Waals surface area contributed by atoms with Gasteiger partial charge < -0.3 is 5.11 Å². The molecule has 1 heterocycles. The molecule has 10 heavy (non-hydrogen) atoms. The van der Waals surface area contributed by atoms with Crippen LogP contribution in [-0.2, 0) is 0 Å². The lowest BCUT2D eigenvalue weighted by Gasteiger charge is -2.09. The zero-order valence-corrected chi connectivity index (χ0v) is 5.93. The molecule has 0 radical (unpaired) electrons. The molecule has 1 aliphatic heterocycles. The number of halogens is 3. The second-order valence-corrected chi connectivity index (χ2v) is 2.87. The zero-order valence-electron chi connectivity index (χ0n) is 5.17. The molecule has 0 bridgehead atoms. The van der Waals surface area contributed by atoms with Gasteiger partial charge in [0.05, 0.1) is 12.0 Å². The molecule has 2 nitrogen and oxygen atoms in total. The zero-order chi connectivity index (χ0) is 7.72. The molecule has 0 aromatic rings. The van der Waals surface area contributed by atoms with E-state index in [1.165, 1.54) is 4.42 Å². The van der Waals surface area contributed by atoms with E-state index in [1.54, 1.807) is 0 Å². The minimum atomic E-state index is -2.47. The van der Waals surface area contributed by atoms with Crippen LogP contribution in [0.1, 0.15) is 0 Å². The monoisotopic (exact) mass is 171 g/mol. The minimum Gasteiger partial charge on any atom is -0.391 e. The van der Waals surface area contributed by atoms with Crippen molar-refractivity contribution in [3.8, 4) is 0 Å². The van der Waals surface area contributed by atoms with Crippen LogP contribution in [0.3, 0.4) is 0 Å². The van der Waals surface area contributed by atoms with Crippen LogP contribution in [0, 0.1) is 5.92 Å². The number of β-amino-alcohol motifs (C(OH)–C–C–N with tert-alkyl or cyclic N) is 1. The Labute approximate surface area is 62.5 Å². The average Bonchev–Trinajstić information content (AvgIpc) is 2.10. The first-order valence-electron chi connectivity index (χ1n) is 2.98. The molecule has 0 aromatic carbocycles. The standard InChI is InChI=1S/C5H8ClF2NO/c6-9-1-3(5(7)8)4(10)2-9/h3-5,10H,1-2H2. The third kappa shape index (κ3) is 1.56. The number of aliphatic hydroxyl groups excluding tert-OH is 1. The van der Waals surface area contributed by atoms with E-state index in [0.717, 1.165) is 0 Å². The number of hydrogen-bond acceptors (Lipinski definition) is 2. The van der Waals surface area contributed by atoms with Crippen LogP contribution in [-0.4, -0.2) is 35.1 Å². The lowest BCUT2D eigenvalue weighted by Crippen LogP contribution is -2.24. The SMILES string of the molecule is OC1CN(Cl)CC1C(F)F. The third-order valence-electron chi connectivity index (χ3n) is 1.61. The summed E-state index contributed by atoms with van der Waals surface area (Å²) in [6, 6.07) is 0. The van der Waals surface area contributed by atoms with Gasteiger partial charge in [-0.3, -0.25) is 0 Å². The normalized spacial score (nSPS) is 35.7. The highest BCUT2D eigenvalue weighted by atomic mass is 35.5. The molecule has 2 atom stereocenters. The Hall–Kier alpha value is 0.0700. The summed E-state index contributed by atoms with van der Waals surface area (Å²) in [5.74, 6) is -0.975. The van der Waals surface area contributed by atoms with Gasteiger partial charge >= 0.3 is 0 Å². The van der Waals surface area contributed by atoms with Gasteiger partial charge in [0.25, 0.3) is 0 Å². The van der Waals surface area contributed by atoms with Gasteiger partial charge in [0.2, 0.25) is 6.43 Å². The van der Waals surface area contributed by atoms with Crippen molar-refractivity contribution in [3.63, 3.8) is 0 Å². The Balaban J connectivity index is 2.46. The summed E-state index contributed by atoms with van der Waals surface area (Å²) in [4.78, 5) is 0. The van der Waals surface area contributed by atoms with Gasteiger partial charge in [-0.2, -0.15) is 0 Å². The molecule has 5 heteroatoms. The fourth-order valence-electron chi connectivity index (χ4n) is 1.01. The maximum absolute atomic E-state index is 11.9. The van der Waals surface area contributed by atoms with Crippen LogP contribution >= 0.6 is 11.8 Å². The van der Waals surface area contributed by atoms with E-state index in [1.807, 2.05) is 0 Å². The van der Waals surface area contributed by atoms with Crippen LogP contribution in [0.4, 0.5) is 8.78 Å². The van der Waals surface area contributed by atoms with E-state index in [4.69, 9.17) is 16.9 Å². The van der Waals surface area contributed by atoms with Gasteiger partial charge in [0.15, 0.2) is 0 Å². The summed E-state index contributed by atoms with van der Waals surface area (Å²) in [6.45, 7) is 0.205. The third-order valence-corrected chi connectivity index (χ3v) is 1.89. The van der Waals surface area contributed by atoms with Gasteiger partial charge in [0.1, 0.15) is 0 Å². The first-order chi connectivity index (χ1) is 4.61. The fourth-order valence-corrected chi connectivity index (χ4v) is 1.31. The predicted octanol–water partition coefficient (Wildman–Crippen LogP) is 0.698. The molecule has 0 aliphatic carbocycles. The Morgan fingerprint density at radius 2 is 2.10 bits per heavy atom. The molecule has 1 saturated heterocycles. The summed E-state index contributed by atoms with van der Waals surface area (Å²) in [5.41, 5.74) is 0. The van der Waals surface area contributed by atoms with E-state index in [0.29, 0.717) is 0 Å². The number of nitrogens with zero attached hydrogens (tertiary/aromatic N) is 1. The molecular formula is C5H8ClF2NO. The predicted molar refractivity (Wildman–Crippen MR) is 32.9 cm³/mol. The summed E-state index contributed by atoms with van der Waals surface area (Å²) >= 11 is 5.39. The van der Waals surface area contributed by atoms with Gasteiger partial charge in [-0.15, -0.1) is 0 Å². The van der Waals surface area contributed by atoms with Crippen molar-refractivity contribution in [1.29, 1.82) is 0 Å². The van der Waals surface area contributed by atoms with Crippen LogP contribution in [0.5, 0.6) is 0 Å². The van der Waals surface area contributed by atoms with E-state index >= 15 is 0 Å². The largest absolute Gasteiger partial charge is 0.391 e. The van der Waals surface area contributed by atoms with Gasteiger partial charge in [-0.25, -0.2) is 13.2 Å². The first kappa shape index (κ1) is 8.17. The highest BCUT2D eigenvalue weighted by Gasteiger charge is 2.36. The molecule has 1 rings (SSSR count). The lowest BCUT2D eigenvalue weighted by molar-refractivity contribution is 0.0202. The van der Waals surface area contributed by atoms with E-state index in [-0.39, 0.29) is 13.1 Å². The van der Waals surface area contributed by atoms with E-state index < -0.39 is 18.4 Å². The molecule has 1 fully saturated rings. The van der Waals surface area contributed by atoms with E-state index in [9.17, 15) is 8.78 Å². The molecule has 0 aromatic heterocycles. The number of alkyl halides is 2. The molecule has 0 spiro atoms. The van der Waals surface area contributed by atoms with Crippen molar-refractivity contribution in [2.75, 3.05) is 13.1 Å². The molecule has 0 amide bonds. The maximum atomic E-state index is 11.9. The fraction of sp³-hybridized carbons (Fsp3) is 1.00. The summed E-state index contributed by atoms with van der Waals surface area (Å²) in [6.07, 6.45) is -3.45. The Bertz CT molecular complexity index is 124. The quantitative estimate of drug-likeness (QED) is 0.587. The summed E-state index contributed by atoms with van der Waals surface area (Å²) < 4.78 is 25.0. The summed E-state index contributed by atoms with van der Waals surface area (Å²) in [5, 5.41) is 8.92. The van der Waals surface area contributed by atoms with Crippen molar-refractivity contribution in [2.24, 2.45) is 5.92 Å². The topological polar surface area (TPSA) is 23.5 Å². The first-order valence-corrected chi connectivity index (χ1v) is 3.32. The van der Waals surface area contributed by atoms with Gasteiger partial charge in [-0.05, 0) is 11.8 Å². The van der Waals surface area contributed by atoms with Crippen LogP contribution in [0.2, 0.25) is 0 Å². The highest BCUT2D eigenvalue weighted by Crippen LogP contribution is 2.24. The van der Waals surface area contributed by atoms with Crippen molar-refractivity contribution >= 4 is 11.8 Å². The van der Waals surface area contributed by atoms with Crippen molar-refractivity contribution in [2.45, 2.75) is 12.5 Å². The van der Waals surface area contributed by atoms with Crippen molar-refractivity contribution in [3.05, 3.63) is 0 Å². The number of hydrogen-bond donors (Lipinski definition) is 1. The van der Waals surface area contributed by atoms with Gasteiger partial charge in [-0.1, -0.05) is 0 Å². The smallest absolute Gasteiger partial charge is 0.245 e. The molecular weight excluding hydrogens is 164 g/mol. The Morgan fingerprint density at radius 3 is 2.30 bits per heavy atom. The van der Waals surface area contributed by atoms with E-state index in [2.05, 4.69) is 0 Å². The number of aliphatic hydroxyl groups is 1. The highest BCUT2D eigenvalue weighted by molar-refractivity contribution is 6.13. The average molecular weight is 172 g/mol. The Morgan fingerprint density at radius 1 is 1.50 bits per heavy atom. The van der Waals surface area contributed by atoms with Crippen LogP contribution < -0.4 is 0 Å². The van der Waals surface area contributed by atoms with Crippen LogP contribution in [0.25, 0.3) is 0 Å². The van der Waals surface area contributed by atoms with Crippen molar-refractivity contribution < 1.29 is 13.9 Å². The number of rotatable bonds is 1. The van der Waals surface area contributed by atoms with Crippen LogP contribution in [0.15, 0.2) is 0 Å². The molecule has 1 N–H and O–H groups in total. The molecule has 2 unspecified atom stereocenters. The summed E-state index contributed by atoms with van der Waals surface area (Å²) in [7, 11) is 0. The Kier molecular flexibility index (Phi) is 2.44. The second kappa shape index (κ2) is 2.98. The lowest BCUT2D eigenvalue weighted by atomic mass is 10.1.